The van der Waals surface area contributed by atoms with E-state index in [9.17, 15) is 13.2 Å². The van der Waals surface area contributed by atoms with Crippen LogP contribution in [0, 0.1) is 0 Å². The quantitative estimate of drug-likeness (QED) is 0.719. The molecule has 0 aliphatic heterocycles. The molecular weight excluding hydrogens is 267 g/mol. The van der Waals surface area contributed by atoms with E-state index in [1.54, 1.807) is 7.05 Å². The number of rotatable bonds is 7. The summed E-state index contributed by atoms with van der Waals surface area (Å²) >= 11 is 0. The van der Waals surface area contributed by atoms with Crippen molar-refractivity contribution in [3.05, 3.63) is 0 Å². The van der Waals surface area contributed by atoms with Crippen molar-refractivity contribution in [2.24, 2.45) is 0 Å². The van der Waals surface area contributed by atoms with Gasteiger partial charge in [0.25, 0.3) is 0 Å². The molecule has 19 heavy (non-hydrogen) atoms. The van der Waals surface area contributed by atoms with Crippen molar-refractivity contribution >= 4 is 11.9 Å². The summed E-state index contributed by atoms with van der Waals surface area (Å²) in [5.74, 6) is 0.470. The number of nitrogens with zero attached hydrogens (tertiary/aromatic N) is 3. The fourth-order valence-electron chi connectivity index (χ4n) is 1.06. The molecule has 0 aliphatic rings. The molecule has 1 heterocycles. The fourth-order valence-corrected chi connectivity index (χ4v) is 1.06. The van der Waals surface area contributed by atoms with Gasteiger partial charge in [-0.1, -0.05) is 0 Å². The van der Waals surface area contributed by atoms with Crippen molar-refractivity contribution in [2.75, 3.05) is 44.5 Å². The highest BCUT2D eigenvalue weighted by Crippen LogP contribution is 2.14. The fraction of sp³-hybridized carbons (Fsp3) is 0.667. The van der Waals surface area contributed by atoms with Crippen molar-refractivity contribution in [1.29, 1.82) is 0 Å². The predicted octanol–water partition coefficient (Wildman–Crippen LogP) is 0.913. The van der Waals surface area contributed by atoms with E-state index >= 15 is 0 Å². The Morgan fingerprint density at radius 1 is 1.16 bits per heavy atom. The lowest BCUT2D eigenvalue weighted by atomic mass is 10.6. The topological polar surface area (TPSA) is 81.2 Å². The zero-order chi connectivity index (χ0) is 14.3. The molecule has 0 aromatic carbocycles. The molecule has 0 unspecified atom stereocenters. The Morgan fingerprint density at radius 3 is 2.42 bits per heavy atom. The van der Waals surface area contributed by atoms with Gasteiger partial charge in [0.15, 0.2) is 0 Å². The summed E-state index contributed by atoms with van der Waals surface area (Å²) in [7, 11) is 3.01. The lowest BCUT2D eigenvalue weighted by Crippen LogP contribution is -2.20. The van der Waals surface area contributed by atoms with Gasteiger partial charge in [0.1, 0.15) is 6.61 Å². The molecule has 108 valence electrons. The second-order valence-electron chi connectivity index (χ2n) is 3.31. The van der Waals surface area contributed by atoms with E-state index in [4.69, 9.17) is 4.74 Å². The smallest absolute Gasteiger partial charge is 0.411 e. The average Bonchev–Trinajstić information content (AvgIpc) is 2.36. The number of halogens is 3. The molecule has 10 heteroatoms. The monoisotopic (exact) mass is 281 g/mol. The van der Waals surface area contributed by atoms with E-state index in [0.717, 1.165) is 0 Å². The number of hydrogen-bond acceptors (Lipinski definition) is 7. The van der Waals surface area contributed by atoms with Crippen LogP contribution in [0.15, 0.2) is 0 Å². The van der Waals surface area contributed by atoms with Gasteiger partial charge in [-0.15, -0.1) is 0 Å². The van der Waals surface area contributed by atoms with Gasteiger partial charge < -0.3 is 20.1 Å². The van der Waals surface area contributed by atoms with E-state index in [2.05, 4.69) is 30.3 Å². The van der Waals surface area contributed by atoms with Gasteiger partial charge in [-0.2, -0.15) is 28.1 Å². The lowest BCUT2D eigenvalue weighted by molar-refractivity contribution is -0.172. The van der Waals surface area contributed by atoms with Crippen LogP contribution in [0.25, 0.3) is 0 Å². The zero-order valence-corrected chi connectivity index (χ0v) is 10.4. The molecule has 0 aliphatic carbocycles. The molecule has 1 aromatic rings. The highest BCUT2D eigenvalue weighted by Gasteiger charge is 2.27. The molecule has 7 nitrogen and oxygen atoms in total. The largest absolute Gasteiger partial charge is 0.467 e. The molecule has 1 aromatic heterocycles. The standard InChI is InChI=1S/C9H14F3N5O2/c1-13-6-15-7(17-8(16-6)18-2)14-3-4-19-5-9(10,11)12/h3-5H2,1-2H3,(H2,13,14,15,16,17). The van der Waals surface area contributed by atoms with Crippen LogP contribution in [0.3, 0.4) is 0 Å². The normalized spacial score (nSPS) is 11.2. The van der Waals surface area contributed by atoms with Crippen LogP contribution in [0.5, 0.6) is 6.01 Å². The van der Waals surface area contributed by atoms with E-state index in [1.165, 1.54) is 7.11 Å². The molecule has 0 amide bonds. The molecule has 0 atom stereocenters. The van der Waals surface area contributed by atoms with E-state index in [0.29, 0.717) is 0 Å². The summed E-state index contributed by atoms with van der Waals surface area (Å²) in [4.78, 5) is 11.7. The van der Waals surface area contributed by atoms with Crippen LogP contribution in [-0.2, 0) is 4.74 Å². The maximum absolute atomic E-state index is 11.8. The molecule has 0 saturated heterocycles. The van der Waals surface area contributed by atoms with Crippen LogP contribution < -0.4 is 15.4 Å². The molecule has 1 rings (SSSR count). The third-order valence-corrected chi connectivity index (χ3v) is 1.82. The van der Waals surface area contributed by atoms with Gasteiger partial charge in [-0.05, 0) is 0 Å². The summed E-state index contributed by atoms with van der Waals surface area (Å²) in [6.45, 7) is -1.27. The van der Waals surface area contributed by atoms with E-state index in [-0.39, 0.29) is 31.1 Å². The number of nitrogens with one attached hydrogen (secondary N) is 2. The lowest BCUT2D eigenvalue weighted by Gasteiger charge is -2.09. The Labute approximate surface area is 107 Å². The first-order valence-corrected chi connectivity index (χ1v) is 5.31. The highest BCUT2D eigenvalue weighted by molar-refractivity contribution is 5.35. The van der Waals surface area contributed by atoms with Crippen LogP contribution in [-0.4, -0.2) is 55.0 Å². The molecular formula is C9H14F3N5O2. The van der Waals surface area contributed by atoms with Crippen LogP contribution in [0.1, 0.15) is 0 Å². The average molecular weight is 281 g/mol. The van der Waals surface area contributed by atoms with Gasteiger partial charge in [0.05, 0.1) is 13.7 Å². The first-order valence-electron chi connectivity index (χ1n) is 5.31. The third-order valence-electron chi connectivity index (χ3n) is 1.82. The Balaban J connectivity index is 2.40. The maximum Gasteiger partial charge on any atom is 0.411 e. The SMILES string of the molecule is CNc1nc(NCCOCC(F)(F)F)nc(OC)n1. The van der Waals surface area contributed by atoms with Crippen molar-refractivity contribution in [3.63, 3.8) is 0 Å². The summed E-state index contributed by atoms with van der Waals surface area (Å²) in [6.07, 6.45) is -4.32. The highest BCUT2D eigenvalue weighted by atomic mass is 19.4. The second-order valence-corrected chi connectivity index (χ2v) is 3.31. The number of methoxy groups -OCH3 is 1. The minimum atomic E-state index is -4.32. The summed E-state index contributed by atoms with van der Waals surface area (Å²) < 4.78 is 44.7. The number of anilines is 2. The Bertz CT molecular complexity index is 380. The Morgan fingerprint density at radius 2 is 1.84 bits per heavy atom. The van der Waals surface area contributed by atoms with E-state index in [1.807, 2.05) is 0 Å². The van der Waals surface area contributed by atoms with Gasteiger partial charge in [0.2, 0.25) is 11.9 Å². The number of alkyl halides is 3. The van der Waals surface area contributed by atoms with Gasteiger partial charge in [-0.25, -0.2) is 0 Å². The first kappa shape index (κ1) is 15.2. The van der Waals surface area contributed by atoms with E-state index < -0.39 is 12.8 Å². The minimum absolute atomic E-state index is 0.0954. The van der Waals surface area contributed by atoms with Crippen molar-refractivity contribution in [3.8, 4) is 6.01 Å². The summed E-state index contributed by atoms with van der Waals surface area (Å²) in [5.41, 5.74) is 0. The third kappa shape index (κ3) is 6.04. The van der Waals surface area contributed by atoms with Gasteiger partial charge >= 0.3 is 12.2 Å². The van der Waals surface area contributed by atoms with Gasteiger partial charge in [-0.3, -0.25) is 0 Å². The molecule has 0 fully saturated rings. The first-order chi connectivity index (χ1) is 8.94. The zero-order valence-electron chi connectivity index (χ0n) is 10.4. The van der Waals surface area contributed by atoms with Crippen molar-refractivity contribution in [1.82, 2.24) is 15.0 Å². The van der Waals surface area contributed by atoms with Crippen LogP contribution in [0.2, 0.25) is 0 Å². The van der Waals surface area contributed by atoms with Crippen molar-refractivity contribution in [2.45, 2.75) is 6.18 Å². The maximum atomic E-state index is 11.8. The molecule has 0 saturated carbocycles. The second kappa shape index (κ2) is 6.92. The Hall–Kier alpha value is -1.84. The summed E-state index contributed by atoms with van der Waals surface area (Å²) in [5, 5.41) is 5.41. The molecule has 0 bridgehead atoms. The van der Waals surface area contributed by atoms with Gasteiger partial charge in [0, 0.05) is 13.6 Å². The number of aromatic nitrogens is 3. The molecule has 0 spiro atoms. The van der Waals surface area contributed by atoms with Crippen LogP contribution in [0.4, 0.5) is 25.1 Å². The van der Waals surface area contributed by atoms with Crippen LogP contribution >= 0.6 is 0 Å². The molecule has 2 N–H and O–H groups in total. The minimum Gasteiger partial charge on any atom is -0.467 e. The summed E-state index contributed by atoms with van der Waals surface area (Å²) in [6, 6.07) is 0.0954. The number of ether oxygens (including phenoxy) is 2. The Kier molecular flexibility index (Phi) is 5.55. The number of hydrogen-bond donors (Lipinski definition) is 2. The molecule has 0 radical (unpaired) electrons. The predicted molar refractivity (Wildman–Crippen MR) is 61.3 cm³/mol. The van der Waals surface area contributed by atoms with Crippen molar-refractivity contribution < 1.29 is 22.6 Å².